The fourth-order valence-corrected chi connectivity index (χ4v) is 4.08. The number of nitrogens with one attached hydrogen (secondary N) is 1. The fraction of sp³-hybridized carbons (Fsp3) is 0.261. The molecule has 0 aliphatic heterocycles. The summed E-state index contributed by atoms with van der Waals surface area (Å²) in [6, 6.07) is 11.5. The van der Waals surface area contributed by atoms with Gasteiger partial charge in [0.2, 0.25) is 0 Å². The van der Waals surface area contributed by atoms with Crippen molar-refractivity contribution in [2.75, 3.05) is 19.0 Å². The lowest BCUT2D eigenvalue weighted by Crippen LogP contribution is -2.39. The van der Waals surface area contributed by atoms with Crippen LogP contribution in [0.3, 0.4) is 0 Å². The molecule has 0 spiro atoms. The maximum Gasteiger partial charge on any atom is 0.145 e. The van der Waals surface area contributed by atoms with Gasteiger partial charge in [0.05, 0.1) is 47.1 Å². The molecule has 35 heavy (non-hydrogen) atoms. The van der Waals surface area contributed by atoms with Crippen molar-refractivity contribution in [1.82, 2.24) is 15.0 Å². The molecule has 0 aliphatic carbocycles. The van der Waals surface area contributed by atoms with Crippen molar-refractivity contribution in [1.29, 1.82) is 10.5 Å². The van der Waals surface area contributed by atoms with E-state index in [9.17, 15) is 10.5 Å². The van der Waals surface area contributed by atoms with E-state index in [1.54, 1.807) is 38.5 Å². The highest BCUT2D eigenvalue weighted by Gasteiger charge is 2.22. The molecule has 1 N–H and O–H groups in total. The van der Waals surface area contributed by atoms with E-state index < -0.39 is 11.4 Å². The van der Waals surface area contributed by atoms with Gasteiger partial charge in [0.1, 0.15) is 40.9 Å². The summed E-state index contributed by atoms with van der Waals surface area (Å²) in [6.07, 6.45) is 4.47. The number of thioether (sulfide) groups is 1. The maximum absolute atomic E-state index is 9.99. The lowest BCUT2D eigenvalue weighted by Gasteiger charge is -2.26. The topological polar surface area (TPSA) is 117 Å². The molecule has 0 aliphatic rings. The van der Waals surface area contributed by atoms with E-state index in [0.29, 0.717) is 33.6 Å². The summed E-state index contributed by atoms with van der Waals surface area (Å²) in [6.45, 7) is 1.85. The minimum Gasteiger partial charge on any atom is -0.489 e. The summed E-state index contributed by atoms with van der Waals surface area (Å²) in [7, 11) is 18.0. The summed E-state index contributed by atoms with van der Waals surface area (Å²) in [5.74, 6) is 1.37. The number of anilines is 1. The number of hydrogen-bond acceptors (Lipinski definition) is 9. The van der Waals surface area contributed by atoms with Gasteiger partial charge in [-0.3, -0.25) is 9.97 Å². The van der Waals surface area contributed by atoms with Gasteiger partial charge in [0.15, 0.2) is 0 Å². The van der Waals surface area contributed by atoms with Crippen LogP contribution in [-0.2, 0) is 10.5 Å². The molecule has 0 saturated heterocycles. The zero-order chi connectivity index (χ0) is 25.4. The second-order valence-corrected chi connectivity index (χ2v) is 8.45. The second kappa shape index (κ2) is 11.8. The number of nitrogens with zero attached hydrogens (tertiary/aromatic N) is 5. The Morgan fingerprint density at radius 1 is 1.14 bits per heavy atom. The van der Waals surface area contributed by atoms with Gasteiger partial charge in [-0.1, -0.05) is 6.07 Å². The molecule has 0 bridgehead atoms. The number of aromatic nitrogens is 3. The van der Waals surface area contributed by atoms with Crippen molar-refractivity contribution in [3.8, 4) is 29.1 Å². The highest BCUT2D eigenvalue weighted by atomic mass is 32.2. The summed E-state index contributed by atoms with van der Waals surface area (Å²) in [5, 5.41) is 21.5. The average Bonchev–Trinajstić information content (AvgIpc) is 2.85. The molecule has 0 fully saturated rings. The smallest absolute Gasteiger partial charge is 0.145 e. The van der Waals surface area contributed by atoms with Gasteiger partial charge in [-0.2, -0.15) is 10.5 Å². The summed E-state index contributed by atoms with van der Waals surface area (Å²) < 4.78 is 10.9. The minimum atomic E-state index is -1.76. The van der Waals surface area contributed by atoms with E-state index in [2.05, 4.69) is 32.4 Å². The molecule has 1 atom stereocenters. The monoisotopic (exact) mass is 476 g/mol. The molecular weight excluding hydrogens is 457 g/mol. The van der Waals surface area contributed by atoms with Gasteiger partial charge in [-0.15, -0.1) is 11.8 Å². The number of hydrogen-bond donors (Lipinski definition) is 1. The molecular formula is C23H19B3N6O2S. The fourth-order valence-electron chi connectivity index (χ4n) is 3.16. The van der Waals surface area contributed by atoms with E-state index in [1.165, 1.54) is 18.0 Å². The van der Waals surface area contributed by atoms with Crippen LogP contribution in [0.5, 0.6) is 5.75 Å². The highest BCUT2D eigenvalue weighted by Crippen LogP contribution is 2.36. The Balaban J connectivity index is 1.91. The second-order valence-electron chi connectivity index (χ2n) is 7.49. The first-order valence-corrected chi connectivity index (χ1v) is 11.5. The van der Waals surface area contributed by atoms with Crippen molar-refractivity contribution in [2.24, 2.45) is 0 Å². The molecule has 6 radical (unpaired) electrons. The van der Waals surface area contributed by atoms with Gasteiger partial charge < -0.3 is 14.8 Å². The van der Waals surface area contributed by atoms with E-state index in [1.807, 2.05) is 12.1 Å². The average molecular weight is 476 g/mol. The Morgan fingerprint density at radius 2 is 1.91 bits per heavy atom. The van der Waals surface area contributed by atoms with Crippen LogP contribution in [0.2, 0.25) is 0 Å². The van der Waals surface area contributed by atoms with E-state index in [0.717, 1.165) is 5.56 Å². The Labute approximate surface area is 212 Å². The van der Waals surface area contributed by atoms with Gasteiger partial charge in [0, 0.05) is 30.8 Å². The van der Waals surface area contributed by atoms with Crippen molar-refractivity contribution in [3.05, 3.63) is 59.5 Å². The van der Waals surface area contributed by atoms with E-state index in [4.69, 9.17) is 33.0 Å². The lowest BCUT2D eigenvalue weighted by atomic mass is 9.52. The van der Waals surface area contributed by atoms with Crippen LogP contribution in [0.4, 0.5) is 5.82 Å². The SMILES string of the molecule is [B]C([B])([B])OC(C)COc1ccc(-c2c(C#N)c(NC)nc(SCc3cccnc3)c2C#N)nc1. The zero-order valence-electron chi connectivity index (χ0n) is 19.2. The predicted molar refractivity (Wildman–Crippen MR) is 136 cm³/mol. The van der Waals surface area contributed by atoms with Gasteiger partial charge >= 0.3 is 0 Å². The van der Waals surface area contributed by atoms with Gasteiger partial charge in [-0.25, -0.2) is 4.98 Å². The van der Waals surface area contributed by atoms with E-state index in [-0.39, 0.29) is 17.7 Å². The summed E-state index contributed by atoms with van der Waals surface area (Å²) in [5.41, 5.74) is 2.30. The third-order valence-corrected chi connectivity index (χ3v) is 5.65. The molecule has 8 nitrogen and oxygen atoms in total. The molecule has 3 aromatic rings. The van der Waals surface area contributed by atoms with Crippen LogP contribution in [-0.4, -0.2) is 63.5 Å². The molecule has 1 unspecified atom stereocenters. The molecule has 3 heterocycles. The Morgan fingerprint density at radius 3 is 2.49 bits per heavy atom. The quantitative estimate of drug-likeness (QED) is 0.348. The summed E-state index contributed by atoms with van der Waals surface area (Å²) in [4.78, 5) is 13.1. The number of rotatable bonds is 10. The lowest BCUT2D eigenvalue weighted by molar-refractivity contribution is 0.0264. The Kier molecular flexibility index (Phi) is 8.81. The van der Waals surface area contributed by atoms with Crippen LogP contribution in [0, 0.1) is 22.7 Å². The number of pyridine rings is 3. The predicted octanol–water partition coefficient (Wildman–Crippen LogP) is 2.52. The molecule has 12 heteroatoms. The molecule has 3 rings (SSSR count). The molecule has 168 valence electrons. The Hall–Kier alpha value is -3.47. The third kappa shape index (κ3) is 7.01. The zero-order valence-corrected chi connectivity index (χ0v) is 20.0. The van der Waals surface area contributed by atoms with Gasteiger partial charge in [0.25, 0.3) is 0 Å². The third-order valence-electron chi connectivity index (χ3n) is 4.61. The molecule has 0 aromatic carbocycles. The van der Waals surface area contributed by atoms with E-state index >= 15 is 0 Å². The first-order valence-electron chi connectivity index (χ1n) is 10.5. The van der Waals surface area contributed by atoms with Crippen molar-refractivity contribution in [3.63, 3.8) is 0 Å². The van der Waals surface area contributed by atoms with Gasteiger partial charge in [-0.05, 0) is 36.0 Å². The molecule has 0 saturated carbocycles. The van der Waals surface area contributed by atoms with Crippen LogP contribution in [0.15, 0.2) is 47.9 Å². The highest BCUT2D eigenvalue weighted by molar-refractivity contribution is 7.98. The van der Waals surface area contributed by atoms with Crippen molar-refractivity contribution < 1.29 is 9.47 Å². The van der Waals surface area contributed by atoms with Crippen LogP contribution in [0.25, 0.3) is 11.3 Å². The molecule has 3 aromatic heterocycles. The molecule has 0 amide bonds. The minimum absolute atomic E-state index is 0.134. The largest absolute Gasteiger partial charge is 0.489 e. The van der Waals surface area contributed by atoms with Crippen molar-refractivity contribution in [2.45, 2.75) is 29.1 Å². The maximum atomic E-state index is 9.99. The normalized spacial score (nSPS) is 11.8. The van der Waals surface area contributed by atoms with Crippen molar-refractivity contribution >= 4 is 41.1 Å². The Bertz CT molecular complexity index is 1240. The first kappa shape index (κ1) is 26.1. The van der Waals surface area contributed by atoms with Crippen LogP contribution < -0.4 is 10.1 Å². The first-order chi connectivity index (χ1) is 16.8. The standard InChI is InChI=1S/C23H19B3N6O2S/c1-14(34-23(24,25)26)12-33-16-5-6-19(31-11-16)20-17(8-27)21(29-2)32-22(18(20)9-28)35-13-15-4-3-7-30-10-15/h3-7,10-11,14H,12-13H2,1-2H3,(H,29,32). The number of ether oxygens (including phenoxy) is 2. The number of nitriles is 2. The summed E-state index contributed by atoms with van der Waals surface area (Å²) >= 11 is 1.38. The van der Waals surface area contributed by atoms with Crippen LogP contribution in [0.1, 0.15) is 23.6 Å². The van der Waals surface area contributed by atoms with Crippen LogP contribution >= 0.6 is 11.8 Å².